The van der Waals surface area contributed by atoms with Crippen molar-refractivity contribution in [3.05, 3.63) is 27.1 Å². The van der Waals surface area contributed by atoms with Crippen molar-refractivity contribution in [2.24, 2.45) is 5.92 Å². The van der Waals surface area contributed by atoms with Gasteiger partial charge in [0.25, 0.3) is 0 Å². The van der Waals surface area contributed by atoms with Crippen LogP contribution in [0.3, 0.4) is 0 Å². The minimum atomic E-state index is -0.594. The summed E-state index contributed by atoms with van der Waals surface area (Å²) in [5.74, 6) is -1.11. The van der Waals surface area contributed by atoms with E-state index < -0.39 is 17.3 Å². The number of carbonyl (C=O) groups is 2. The largest absolute Gasteiger partial charge is 0.444 e. The molecule has 2 aliphatic heterocycles. The highest BCUT2D eigenvalue weighted by Gasteiger charge is 2.55. The molecule has 0 radical (unpaired) electrons. The lowest BCUT2D eigenvalue weighted by Crippen LogP contribution is -2.50. The highest BCUT2D eigenvalue weighted by molar-refractivity contribution is 9.10. The second-order valence-electron chi connectivity index (χ2n) is 9.42. The summed E-state index contributed by atoms with van der Waals surface area (Å²) in [6, 6.07) is 1.57. The van der Waals surface area contributed by atoms with Crippen molar-refractivity contribution in [2.45, 2.75) is 65.6 Å². The van der Waals surface area contributed by atoms with Crippen molar-refractivity contribution in [3.63, 3.8) is 0 Å². The standard InChI is InChI=1S/C22H24BrCl2FN4O3.C2H6/c1-9-5-11-17(15(26)14(9)23)29-20(25)19(27-13(31)7-24)18(11)28-16-10-6-12(16)30(8-10)21(32)33-22(2,3)4;1-2/h5,10,12,16H,6-8H2,1-4H3,(H,27,31)(H,28,29);1-2H3. The van der Waals surface area contributed by atoms with E-state index in [9.17, 15) is 9.59 Å². The Morgan fingerprint density at radius 2 is 1.97 bits per heavy atom. The van der Waals surface area contributed by atoms with Crippen molar-refractivity contribution in [2.75, 3.05) is 23.1 Å². The Bertz CT molecular complexity index is 1160. The summed E-state index contributed by atoms with van der Waals surface area (Å²) < 4.78 is 20.9. The van der Waals surface area contributed by atoms with Gasteiger partial charge in [-0.2, -0.15) is 0 Å². The minimum absolute atomic E-state index is 0.0613. The molecule has 2 aromatic rings. The predicted octanol–water partition coefficient (Wildman–Crippen LogP) is 6.72. The Morgan fingerprint density at radius 3 is 2.57 bits per heavy atom. The van der Waals surface area contributed by atoms with Crippen LogP contribution in [-0.2, 0) is 9.53 Å². The van der Waals surface area contributed by atoms with Crippen molar-refractivity contribution in [3.8, 4) is 0 Å². The van der Waals surface area contributed by atoms with Crippen LogP contribution in [0.2, 0.25) is 5.15 Å². The van der Waals surface area contributed by atoms with E-state index in [1.165, 1.54) is 0 Å². The maximum Gasteiger partial charge on any atom is 0.410 e. The van der Waals surface area contributed by atoms with E-state index in [1.807, 2.05) is 34.6 Å². The van der Waals surface area contributed by atoms with Crippen LogP contribution in [0.5, 0.6) is 0 Å². The lowest BCUT2D eigenvalue weighted by molar-refractivity contribution is -0.113. The molecule has 192 valence electrons. The summed E-state index contributed by atoms with van der Waals surface area (Å²) in [7, 11) is 0. The van der Waals surface area contributed by atoms with E-state index in [1.54, 1.807) is 17.9 Å². The number of amides is 2. The van der Waals surface area contributed by atoms with Gasteiger partial charge in [0.15, 0.2) is 11.0 Å². The van der Waals surface area contributed by atoms with Gasteiger partial charge < -0.3 is 20.3 Å². The number of carbonyl (C=O) groups excluding carboxylic acids is 2. The number of nitrogens with one attached hydrogen (secondary N) is 2. The molecule has 7 nitrogen and oxygen atoms in total. The quantitative estimate of drug-likeness (QED) is 0.304. The van der Waals surface area contributed by atoms with Gasteiger partial charge in [-0.15, -0.1) is 11.6 Å². The van der Waals surface area contributed by atoms with Crippen LogP contribution in [0.1, 0.15) is 46.6 Å². The molecular weight excluding hydrogens is 562 g/mol. The van der Waals surface area contributed by atoms with E-state index in [0.717, 1.165) is 6.42 Å². The second kappa shape index (κ2) is 10.6. The highest BCUT2D eigenvalue weighted by atomic mass is 79.9. The maximum absolute atomic E-state index is 15.0. The van der Waals surface area contributed by atoms with Gasteiger partial charge in [0, 0.05) is 17.8 Å². The van der Waals surface area contributed by atoms with Gasteiger partial charge in [0.05, 0.1) is 22.2 Å². The number of aryl methyl sites for hydroxylation is 1. The first-order valence-electron chi connectivity index (χ1n) is 11.5. The predicted molar refractivity (Wildman–Crippen MR) is 142 cm³/mol. The molecule has 2 saturated heterocycles. The van der Waals surface area contributed by atoms with E-state index >= 15 is 4.39 Å². The summed E-state index contributed by atoms with van der Waals surface area (Å²) in [4.78, 5) is 30.7. The van der Waals surface area contributed by atoms with E-state index in [4.69, 9.17) is 27.9 Å². The lowest BCUT2D eigenvalue weighted by Gasteiger charge is -2.38. The molecule has 11 heteroatoms. The fourth-order valence-electron chi connectivity index (χ4n) is 4.40. The molecule has 2 amide bonds. The number of aromatic nitrogens is 1. The van der Waals surface area contributed by atoms with E-state index in [-0.39, 0.29) is 46.3 Å². The van der Waals surface area contributed by atoms with Crippen LogP contribution in [-0.4, -0.2) is 52.0 Å². The van der Waals surface area contributed by atoms with Crippen molar-refractivity contribution >= 4 is 73.4 Å². The van der Waals surface area contributed by atoms with Crippen LogP contribution in [0, 0.1) is 18.7 Å². The summed E-state index contributed by atoms with van der Waals surface area (Å²) in [5, 5.41) is 6.51. The number of ether oxygens (including phenoxy) is 1. The number of fused-ring (bicyclic) bond motifs is 2. The van der Waals surface area contributed by atoms with Gasteiger partial charge in [-0.1, -0.05) is 25.4 Å². The van der Waals surface area contributed by atoms with Crippen LogP contribution < -0.4 is 10.6 Å². The Labute approximate surface area is 223 Å². The fourth-order valence-corrected chi connectivity index (χ4v) is 5.00. The molecule has 35 heavy (non-hydrogen) atoms. The molecule has 1 saturated carbocycles. The summed E-state index contributed by atoms with van der Waals surface area (Å²) in [5.41, 5.74) is 0.812. The third-order valence-corrected chi connectivity index (χ3v) is 7.41. The van der Waals surface area contributed by atoms with Gasteiger partial charge in [0.2, 0.25) is 5.91 Å². The molecule has 3 aliphatic rings. The van der Waals surface area contributed by atoms with Crippen LogP contribution in [0.15, 0.2) is 10.5 Å². The van der Waals surface area contributed by atoms with Gasteiger partial charge in [-0.3, -0.25) is 4.79 Å². The molecule has 2 bridgehead atoms. The summed E-state index contributed by atoms with van der Waals surface area (Å²) >= 11 is 15.3. The molecular formula is C24H30BrCl2FN4O3. The number of nitrogens with zero attached hydrogens (tertiary/aromatic N) is 2. The third-order valence-electron chi connectivity index (χ3n) is 5.92. The molecule has 1 aromatic carbocycles. The van der Waals surface area contributed by atoms with Crippen molar-refractivity contribution < 1.29 is 18.7 Å². The number of halogens is 4. The van der Waals surface area contributed by atoms with Crippen LogP contribution >= 0.6 is 39.1 Å². The zero-order chi connectivity index (χ0) is 26.2. The molecule has 0 spiro atoms. The van der Waals surface area contributed by atoms with Crippen molar-refractivity contribution in [1.29, 1.82) is 0 Å². The molecule has 3 unspecified atom stereocenters. The Morgan fingerprint density at radius 1 is 1.31 bits per heavy atom. The number of pyridine rings is 1. The zero-order valence-electron chi connectivity index (χ0n) is 20.6. The minimum Gasteiger partial charge on any atom is -0.444 e. The zero-order valence-corrected chi connectivity index (χ0v) is 23.7. The monoisotopic (exact) mass is 590 g/mol. The normalized spacial score (nSPS) is 20.6. The maximum atomic E-state index is 15.0. The SMILES string of the molecule is CC.Cc1cc2c(NC3C4CC3N(C(=O)OC(C)(C)C)C4)c(NC(=O)CCl)c(Cl)nc2c(F)c1Br. The molecule has 3 heterocycles. The highest BCUT2D eigenvalue weighted by Crippen LogP contribution is 2.47. The molecule has 1 aliphatic carbocycles. The van der Waals surface area contributed by atoms with Gasteiger partial charge in [-0.25, -0.2) is 14.2 Å². The number of rotatable bonds is 4. The Hall–Kier alpha value is -1.84. The first kappa shape index (κ1) is 27.7. The van der Waals surface area contributed by atoms with E-state index in [2.05, 4.69) is 31.5 Å². The molecule has 1 aromatic heterocycles. The number of anilines is 2. The number of benzene rings is 1. The van der Waals surface area contributed by atoms with Gasteiger partial charge in [-0.05, 0) is 61.7 Å². The van der Waals surface area contributed by atoms with Crippen LogP contribution in [0.25, 0.3) is 10.9 Å². The average Bonchev–Trinajstić information content (AvgIpc) is 3.39. The number of alkyl halides is 1. The summed E-state index contributed by atoms with van der Waals surface area (Å²) in [6.45, 7) is 11.8. The fraction of sp³-hybridized carbons (Fsp3) is 0.542. The first-order valence-corrected chi connectivity index (χ1v) is 13.2. The lowest BCUT2D eigenvalue weighted by atomic mass is 9.79. The number of hydrogen-bond donors (Lipinski definition) is 2. The van der Waals surface area contributed by atoms with Gasteiger partial charge >= 0.3 is 6.09 Å². The smallest absolute Gasteiger partial charge is 0.410 e. The second-order valence-corrected chi connectivity index (χ2v) is 10.8. The van der Waals surface area contributed by atoms with Crippen molar-refractivity contribution in [1.82, 2.24) is 9.88 Å². The first-order chi connectivity index (χ1) is 16.4. The van der Waals surface area contributed by atoms with Gasteiger partial charge in [0.1, 0.15) is 22.7 Å². The summed E-state index contributed by atoms with van der Waals surface area (Å²) in [6.07, 6.45) is 0.467. The molecule has 5 rings (SSSR count). The van der Waals surface area contributed by atoms with E-state index in [0.29, 0.717) is 27.7 Å². The Kier molecular flexibility index (Phi) is 8.44. The average molecular weight is 592 g/mol. The Balaban J connectivity index is 0.00000167. The molecule has 3 atom stereocenters. The molecule has 2 N–H and O–H groups in total. The number of hydrogen-bond acceptors (Lipinski definition) is 5. The topological polar surface area (TPSA) is 83.6 Å². The molecule has 3 fully saturated rings. The third kappa shape index (κ3) is 5.47. The van der Waals surface area contributed by atoms with Crippen LogP contribution in [0.4, 0.5) is 20.6 Å².